The second kappa shape index (κ2) is 9.11. The molecule has 0 saturated heterocycles. The van der Waals surface area contributed by atoms with Crippen molar-refractivity contribution < 1.29 is 24.0 Å². The van der Waals surface area contributed by atoms with Gasteiger partial charge in [-0.05, 0) is 24.3 Å². The molecule has 0 spiro atoms. The molecule has 0 bridgehead atoms. The van der Waals surface area contributed by atoms with Gasteiger partial charge in [-0.2, -0.15) is 0 Å². The second-order valence-corrected chi connectivity index (χ2v) is 5.98. The normalized spacial score (nSPS) is 10.1. The first-order chi connectivity index (χ1) is 12.8. The molecule has 0 aliphatic rings. The summed E-state index contributed by atoms with van der Waals surface area (Å²) in [5.74, 6) is -2.08. The number of carbonyl (C=O) groups is 3. The number of amides is 1. The van der Waals surface area contributed by atoms with Crippen molar-refractivity contribution in [3.05, 3.63) is 73.8 Å². The van der Waals surface area contributed by atoms with E-state index >= 15 is 0 Å². The molecule has 10 heteroatoms. The summed E-state index contributed by atoms with van der Waals surface area (Å²) in [7, 11) is 0. The number of nitrogens with zero attached hydrogens (tertiary/aromatic N) is 1. The Morgan fingerprint density at radius 2 is 1.78 bits per heavy atom. The monoisotopic (exact) mass is 410 g/mol. The molecule has 8 nitrogen and oxygen atoms in total. The van der Waals surface area contributed by atoms with Gasteiger partial charge in [0.2, 0.25) is 5.78 Å². The Morgan fingerprint density at radius 1 is 1.07 bits per heavy atom. The number of nitro groups is 1. The van der Waals surface area contributed by atoms with E-state index in [0.717, 1.165) is 6.07 Å². The van der Waals surface area contributed by atoms with E-state index in [1.54, 1.807) is 12.1 Å². The lowest BCUT2D eigenvalue weighted by Crippen LogP contribution is -2.31. The van der Waals surface area contributed by atoms with Crippen LogP contribution in [0, 0.1) is 10.1 Å². The summed E-state index contributed by atoms with van der Waals surface area (Å²) in [4.78, 5) is 45.7. The van der Waals surface area contributed by atoms with Gasteiger partial charge in [0, 0.05) is 17.2 Å². The number of Topliss-reactive ketones (excluding diaryl/α,β-unsaturated/α-hetero) is 1. The van der Waals surface area contributed by atoms with Crippen molar-refractivity contribution in [2.24, 2.45) is 0 Å². The number of rotatable bonds is 7. The number of ketones is 1. The van der Waals surface area contributed by atoms with Gasteiger partial charge in [-0.3, -0.25) is 24.5 Å². The van der Waals surface area contributed by atoms with Crippen molar-refractivity contribution in [2.45, 2.75) is 0 Å². The topological polar surface area (TPSA) is 116 Å². The summed E-state index contributed by atoms with van der Waals surface area (Å²) in [6.07, 6.45) is 0. The van der Waals surface area contributed by atoms with Crippen LogP contribution in [0.3, 0.4) is 0 Å². The average molecular weight is 411 g/mol. The van der Waals surface area contributed by atoms with E-state index in [-0.39, 0.29) is 21.2 Å². The zero-order valence-electron chi connectivity index (χ0n) is 13.6. The molecule has 140 valence electrons. The fraction of sp³-hybridized carbons (Fsp3) is 0.118. The molecule has 0 heterocycles. The molecule has 0 aliphatic heterocycles. The van der Waals surface area contributed by atoms with Crippen LogP contribution in [-0.2, 0) is 9.53 Å². The van der Waals surface area contributed by atoms with Crippen LogP contribution in [0.1, 0.15) is 20.7 Å². The smallest absolute Gasteiger partial charge is 0.325 e. The van der Waals surface area contributed by atoms with Crippen LogP contribution in [-0.4, -0.2) is 35.7 Å². The summed E-state index contributed by atoms with van der Waals surface area (Å²) >= 11 is 11.5. The quantitative estimate of drug-likeness (QED) is 0.324. The number of hydrogen-bond acceptors (Lipinski definition) is 6. The molecule has 27 heavy (non-hydrogen) atoms. The number of nitro benzene ring substituents is 1. The van der Waals surface area contributed by atoms with E-state index < -0.39 is 41.4 Å². The first kappa shape index (κ1) is 20.3. The number of benzene rings is 2. The van der Waals surface area contributed by atoms with Crippen LogP contribution < -0.4 is 5.32 Å². The lowest BCUT2D eigenvalue weighted by molar-refractivity contribution is -0.384. The van der Waals surface area contributed by atoms with Crippen LogP contribution in [0.4, 0.5) is 5.69 Å². The minimum atomic E-state index is -0.854. The third-order valence-electron chi connectivity index (χ3n) is 3.34. The van der Waals surface area contributed by atoms with Gasteiger partial charge in [-0.1, -0.05) is 35.3 Å². The third-order valence-corrected chi connectivity index (χ3v) is 3.99. The van der Waals surface area contributed by atoms with Crippen molar-refractivity contribution in [2.75, 3.05) is 13.2 Å². The van der Waals surface area contributed by atoms with Crippen LogP contribution in [0.5, 0.6) is 0 Å². The van der Waals surface area contributed by atoms with Crippen molar-refractivity contribution in [3.8, 4) is 0 Å². The molecule has 1 amide bonds. The lowest BCUT2D eigenvalue weighted by atomic mass is 10.1. The van der Waals surface area contributed by atoms with Crippen LogP contribution >= 0.6 is 23.2 Å². The minimum Gasteiger partial charge on any atom is -0.456 e. The van der Waals surface area contributed by atoms with Gasteiger partial charge in [0.25, 0.3) is 11.6 Å². The fourth-order valence-electron chi connectivity index (χ4n) is 2.01. The van der Waals surface area contributed by atoms with Crippen molar-refractivity contribution in [1.82, 2.24) is 5.32 Å². The predicted molar refractivity (Wildman–Crippen MR) is 97.2 cm³/mol. The molecule has 0 aromatic heterocycles. The van der Waals surface area contributed by atoms with E-state index in [1.807, 2.05) is 0 Å². The molecule has 0 unspecified atom stereocenters. The number of halogens is 2. The highest BCUT2D eigenvalue weighted by Crippen LogP contribution is 2.25. The lowest BCUT2D eigenvalue weighted by Gasteiger charge is -2.07. The van der Waals surface area contributed by atoms with Gasteiger partial charge in [0.15, 0.2) is 6.61 Å². The molecule has 0 radical (unpaired) electrons. The third kappa shape index (κ3) is 5.50. The number of hydrogen-bond donors (Lipinski definition) is 1. The van der Waals surface area contributed by atoms with Crippen LogP contribution in [0.25, 0.3) is 0 Å². The zero-order valence-corrected chi connectivity index (χ0v) is 15.1. The molecule has 0 saturated carbocycles. The van der Waals surface area contributed by atoms with Crippen molar-refractivity contribution in [1.29, 1.82) is 0 Å². The highest BCUT2D eigenvalue weighted by Gasteiger charge is 2.17. The Kier molecular flexibility index (Phi) is 6.86. The maximum atomic E-state index is 12.0. The van der Waals surface area contributed by atoms with Gasteiger partial charge >= 0.3 is 5.97 Å². The average Bonchev–Trinajstić information content (AvgIpc) is 2.64. The van der Waals surface area contributed by atoms with Gasteiger partial charge in [-0.15, -0.1) is 0 Å². The van der Waals surface area contributed by atoms with Crippen molar-refractivity contribution >= 4 is 46.5 Å². The first-order valence-corrected chi connectivity index (χ1v) is 8.20. The summed E-state index contributed by atoms with van der Waals surface area (Å²) in [5, 5.41) is 13.2. The maximum absolute atomic E-state index is 12.0. The van der Waals surface area contributed by atoms with E-state index in [0.29, 0.717) is 0 Å². The molecule has 0 aliphatic carbocycles. The van der Waals surface area contributed by atoms with E-state index in [1.165, 1.54) is 24.3 Å². The van der Waals surface area contributed by atoms with Crippen LogP contribution in [0.15, 0.2) is 42.5 Å². The molecule has 2 aromatic carbocycles. The highest BCUT2D eigenvalue weighted by molar-refractivity contribution is 6.34. The van der Waals surface area contributed by atoms with Crippen molar-refractivity contribution in [3.63, 3.8) is 0 Å². The highest BCUT2D eigenvalue weighted by atomic mass is 35.5. The Morgan fingerprint density at radius 3 is 2.44 bits per heavy atom. The largest absolute Gasteiger partial charge is 0.456 e. The van der Waals surface area contributed by atoms with Gasteiger partial charge in [0.1, 0.15) is 11.6 Å². The Bertz CT molecular complexity index is 916. The fourth-order valence-corrected chi connectivity index (χ4v) is 2.44. The van der Waals surface area contributed by atoms with E-state index in [9.17, 15) is 24.5 Å². The molecular formula is C17H12Cl2N2O6. The predicted octanol–water partition coefficient (Wildman–Crippen LogP) is 3.06. The minimum absolute atomic E-state index is 0.0500. The first-order valence-electron chi connectivity index (χ1n) is 7.45. The molecule has 2 aromatic rings. The number of nitrogens with one attached hydrogen (secondary N) is 1. The van der Waals surface area contributed by atoms with Gasteiger partial charge in [0.05, 0.1) is 9.95 Å². The zero-order chi connectivity index (χ0) is 20.0. The van der Waals surface area contributed by atoms with Crippen LogP contribution in [0.2, 0.25) is 10.0 Å². The maximum Gasteiger partial charge on any atom is 0.325 e. The van der Waals surface area contributed by atoms with E-state index in [2.05, 4.69) is 5.32 Å². The molecule has 2 rings (SSSR count). The SMILES string of the molecule is O=C(CNC(=O)c1ccc(Cl)c([N+](=O)[O-])c1)OCC(=O)c1ccccc1Cl. The molecule has 0 fully saturated rings. The molecule has 0 atom stereocenters. The van der Waals surface area contributed by atoms with E-state index in [4.69, 9.17) is 27.9 Å². The summed E-state index contributed by atoms with van der Waals surface area (Å²) < 4.78 is 4.79. The number of esters is 1. The Balaban J connectivity index is 1.87. The van der Waals surface area contributed by atoms with Gasteiger partial charge in [-0.25, -0.2) is 0 Å². The van der Waals surface area contributed by atoms with Gasteiger partial charge < -0.3 is 10.1 Å². The number of carbonyl (C=O) groups excluding carboxylic acids is 3. The second-order valence-electron chi connectivity index (χ2n) is 5.17. The standard InChI is InChI=1S/C17H12Cl2N2O6/c18-12-4-2-1-3-11(12)15(22)9-27-16(23)8-20-17(24)10-5-6-13(19)14(7-10)21(25)26/h1-7H,8-9H2,(H,20,24). The molecule has 1 N–H and O–H groups in total. The Hall–Kier alpha value is -2.97. The summed E-state index contributed by atoms with van der Waals surface area (Å²) in [6, 6.07) is 9.76. The molecular weight excluding hydrogens is 399 g/mol. The summed E-state index contributed by atoms with van der Waals surface area (Å²) in [6.45, 7) is -1.06. The summed E-state index contributed by atoms with van der Waals surface area (Å²) in [5.41, 5.74) is -0.271. The number of ether oxygens (including phenoxy) is 1. The Labute approximate surface area is 163 Å².